The number of nitrogens with zero attached hydrogens (tertiary/aromatic N) is 2. The summed E-state index contributed by atoms with van der Waals surface area (Å²) in [6.07, 6.45) is 3.07. The van der Waals surface area contributed by atoms with E-state index in [4.69, 9.17) is 21.1 Å². The Morgan fingerprint density at radius 3 is 2.00 bits per heavy atom. The molecule has 1 fully saturated rings. The van der Waals surface area contributed by atoms with E-state index < -0.39 is 5.60 Å². The lowest BCUT2D eigenvalue weighted by Gasteiger charge is -2.35. The SMILES string of the molecule is CC(CN(C)C)OC(C)(c1ccccc1)c1ccc(Cl)cc1.CCC(C)C(C(=O)OC1CCN(C)CC1)c1ccccc1. The summed E-state index contributed by atoms with van der Waals surface area (Å²) in [7, 11) is 6.23. The van der Waals surface area contributed by atoms with Gasteiger partial charge >= 0.3 is 5.97 Å². The highest BCUT2D eigenvalue weighted by molar-refractivity contribution is 6.30. The number of carbonyl (C=O) groups is 1. The van der Waals surface area contributed by atoms with Crippen LogP contribution in [0, 0.1) is 5.92 Å². The molecule has 0 radical (unpaired) electrons. The molecule has 0 spiro atoms. The largest absolute Gasteiger partial charge is 0.462 e. The van der Waals surface area contributed by atoms with Crippen molar-refractivity contribution in [1.82, 2.24) is 9.80 Å². The van der Waals surface area contributed by atoms with Crippen molar-refractivity contribution in [2.75, 3.05) is 40.8 Å². The molecule has 5 nitrogen and oxygen atoms in total. The minimum absolute atomic E-state index is 0.0508. The van der Waals surface area contributed by atoms with Crippen molar-refractivity contribution in [1.29, 1.82) is 0 Å². The minimum Gasteiger partial charge on any atom is -0.462 e. The molecule has 234 valence electrons. The van der Waals surface area contributed by atoms with Crippen LogP contribution >= 0.6 is 11.6 Å². The monoisotopic (exact) mass is 606 g/mol. The summed E-state index contributed by atoms with van der Waals surface area (Å²) < 4.78 is 12.3. The molecule has 4 rings (SSSR count). The molecule has 1 aliphatic rings. The van der Waals surface area contributed by atoms with Gasteiger partial charge in [0.05, 0.1) is 12.0 Å². The molecule has 1 aliphatic heterocycles. The summed E-state index contributed by atoms with van der Waals surface area (Å²) in [5.74, 6) is 0.104. The second-order valence-electron chi connectivity index (χ2n) is 12.3. The molecule has 0 aliphatic carbocycles. The standard InChI is InChI=1S/C19H24ClNO.C18H27NO2/c1-15(14-21(3)4)22-19(2,16-8-6-5-7-9-16)17-10-12-18(20)13-11-17;1-4-14(2)17(15-8-6-5-7-9-15)18(20)21-16-10-12-19(3)13-11-16/h5-13,15H,14H2,1-4H3;5-9,14,16-17H,4,10-13H2,1-3H3. The van der Waals surface area contributed by atoms with E-state index in [1.807, 2.05) is 72.8 Å². The molecule has 6 heteroatoms. The Labute approximate surface area is 265 Å². The number of esters is 1. The predicted octanol–water partition coefficient (Wildman–Crippen LogP) is 8.02. The third-order valence-corrected chi connectivity index (χ3v) is 8.60. The molecule has 0 amide bonds. The summed E-state index contributed by atoms with van der Waals surface area (Å²) in [5, 5.41) is 0.737. The molecular weight excluding hydrogens is 556 g/mol. The number of halogens is 1. The molecular formula is C37H51ClN2O3. The summed E-state index contributed by atoms with van der Waals surface area (Å²) in [5.41, 5.74) is 2.82. The van der Waals surface area contributed by atoms with Gasteiger partial charge < -0.3 is 19.3 Å². The van der Waals surface area contributed by atoms with Gasteiger partial charge in [-0.3, -0.25) is 4.79 Å². The number of carbonyl (C=O) groups excluding carboxylic acids is 1. The Bertz CT molecular complexity index is 1210. The third kappa shape index (κ3) is 10.5. The van der Waals surface area contributed by atoms with Gasteiger partial charge in [-0.15, -0.1) is 0 Å². The maximum atomic E-state index is 12.7. The van der Waals surface area contributed by atoms with Crippen molar-refractivity contribution in [2.45, 2.75) is 70.7 Å². The van der Waals surface area contributed by atoms with Crippen LogP contribution in [-0.4, -0.2) is 68.8 Å². The van der Waals surface area contributed by atoms with Gasteiger partial charge in [0.15, 0.2) is 0 Å². The van der Waals surface area contributed by atoms with Crippen LogP contribution in [0.25, 0.3) is 0 Å². The van der Waals surface area contributed by atoms with Crippen molar-refractivity contribution < 1.29 is 14.3 Å². The van der Waals surface area contributed by atoms with E-state index in [-0.39, 0.29) is 24.1 Å². The van der Waals surface area contributed by atoms with E-state index in [1.165, 1.54) is 0 Å². The van der Waals surface area contributed by atoms with E-state index in [2.05, 4.69) is 70.8 Å². The molecule has 3 aromatic carbocycles. The molecule has 1 saturated heterocycles. The number of likely N-dealkylation sites (tertiary alicyclic amines) is 1. The average Bonchev–Trinajstić information content (AvgIpc) is 2.99. The first-order chi connectivity index (χ1) is 20.5. The van der Waals surface area contributed by atoms with Crippen LogP contribution in [0.1, 0.15) is 69.6 Å². The third-order valence-electron chi connectivity index (χ3n) is 8.35. The van der Waals surface area contributed by atoms with Crippen LogP contribution in [0.3, 0.4) is 0 Å². The first kappa shape index (κ1) is 34.8. The maximum absolute atomic E-state index is 12.7. The molecule has 0 bridgehead atoms. The summed E-state index contributed by atoms with van der Waals surface area (Å²) >= 11 is 6.03. The number of hydrogen-bond donors (Lipinski definition) is 0. The Kier molecular flexibility index (Phi) is 13.7. The van der Waals surface area contributed by atoms with Crippen LogP contribution in [-0.2, 0) is 19.9 Å². The Hall–Kier alpha value is -2.70. The van der Waals surface area contributed by atoms with Gasteiger partial charge in [-0.1, -0.05) is 105 Å². The fourth-order valence-electron chi connectivity index (χ4n) is 5.71. The second-order valence-corrected chi connectivity index (χ2v) is 12.7. The zero-order valence-electron chi connectivity index (χ0n) is 27.1. The zero-order chi connectivity index (χ0) is 31.4. The number of hydrogen-bond acceptors (Lipinski definition) is 5. The number of benzene rings is 3. The first-order valence-corrected chi connectivity index (χ1v) is 16.0. The summed E-state index contributed by atoms with van der Waals surface area (Å²) in [6, 6.07) is 28.3. The summed E-state index contributed by atoms with van der Waals surface area (Å²) in [4.78, 5) is 17.1. The van der Waals surface area contributed by atoms with Crippen LogP contribution in [0.4, 0.5) is 0 Å². The molecule has 1 heterocycles. The van der Waals surface area contributed by atoms with Crippen molar-refractivity contribution in [2.24, 2.45) is 5.92 Å². The van der Waals surface area contributed by atoms with E-state index in [9.17, 15) is 4.79 Å². The van der Waals surface area contributed by atoms with Gasteiger partial charge in [0, 0.05) is 24.7 Å². The molecule has 0 saturated carbocycles. The van der Waals surface area contributed by atoms with Crippen LogP contribution in [0.15, 0.2) is 84.9 Å². The Morgan fingerprint density at radius 2 is 1.47 bits per heavy atom. The number of ether oxygens (including phenoxy) is 2. The van der Waals surface area contributed by atoms with E-state index in [1.54, 1.807) is 0 Å². The Morgan fingerprint density at radius 1 is 0.930 bits per heavy atom. The second kappa shape index (κ2) is 17.0. The van der Waals surface area contributed by atoms with Crippen molar-refractivity contribution in [3.63, 3.8) is 0 Å². The van der Waals surface area contributed by atoms with E-state index in [0.717, 1.165) is 60.6 Å². The average molecular weight is 607 g/mol. The lowest BCUT2D eigenvalue weighted by Crippen LogP contribution is -2.36. The lowest BCUT2D eigenvalue weighted by atomic mass is 9.85. The van der Waals surface area contributed by atoms with Crippen molar-refractivity contribution in [3.8, 4) is 0 Å². The highest BCUT2D eigenvalue weighted by Crippen LogP contribution is 2.35. The van der Waals surface area contributed by atoms with Crippen LogP contribution < -0.4 is 0 Å². The predicted molar refractivity (Wildman–Crippen MR) is 179 cm³/mol. The van der Waals surface area contributed by atoms with Gasteiger partial charge in [-0.25, -0.2) is 0 Å². The zero-order valence-corrected chi connectivity index (χ0v) is 27.9. The normalized spacial score (nSPS) is 17.7. The van der Waals surface area contributed by atoms with Crippen molar-refractivity contribution >= 4 is 17.6 Å². The smallest absolute Gasteiger partial charge is 0.313 e. The number of piperidine rings is 1. The number of rotatable bonds is 11. The minimum atomic E-state index is -0.499. The van der Waals surface area contributed by atoms with Gasteiger partial charge in [0.1, 0.15) is 11.7 Å². The lowest BCUT2D eigenvalue weighted by molar-refractivity contribution is -0.154. The Balaban J connectivity index is 0.000000236. The fourth-order valence-corrected chi connectivity index (χ4v) is 5.84. The highest BCUT2D eigenvalue weighted by atomic mass is 35.5. The summed E-state index contributed by atoms with van der Waals surface area (Å²) in [6.45, 7) is 11.4. The van der Waals surface area contributed by atoms with Crippen LogP contribution in [0.2, 0.25) is 5.02 Å². The molecule has 0 N–H and O–H groups in total. The van der Waals surface area contributed by atoms with Gasteiger partial charge in [0.25, 0.3) is 0 Å². The van der Waals surface area contributed by atoms with Gasteiger partial charge in [-0.05, 0) is 82.6 Å². The van der Waals surface area contributed by atoms with Gasteiger partial charge in [0.2, 0.25) is 0 Å². The van der Waals surface area contributed by atoms with Crippen molar-refractivity contribution in [3.05, 3.63) is 107 Å². The topological polar surface area (TPSA) is 42.0 Å². The molecule has 4 unspecified atom stereocenters. The maximum Gasteiger partial charge on any atom is 0.313 e. The molecule has 0 aromatic heterocycles. The van der Waals surface area contributed by atoms with E-state index in [0.29, 0.717) is 5.92 Å². The number of likely N-dealkylation sites (N-methyl/N-ethyl adjacent to an activating group) is 1. The fraction of sp³-hybridized carbons (Fsp3) is 0.486. The van der Waals surface area contributed by atoms with Crippen LogP contribution in [0.5, 0.6) is 0 Å². The first-order valence-electron chi connectivity index (χ1n) is 15.6. The quantitative estimate of drug-likeness (QED) is 0.207. The molecule has 4 atom stereocenters. The van der Waals surface area contributed by atoms with Gasteiger partial charge in [-0.2, -0.15) is 0 Å². The molecule has 3 aromatic rings. The molecule has 43 heavy (non-hydrogen) atoms. The van der Waals surface area contributed by atoms with E-state index >= 15 is 0 Å². The highest BCUT2D eigenvalue weighted by Gasteiger charge is 2.32.